The predicted octanol–water partition coefficient (Wildman–Crippen LogP) is 2.79. The van der Waals surface area contributed by atoms with Crippen LogP contribution in [0.15, 0.2) is 48.8 Å². The van der Waals surface area contributed by atoms with Crippen LogP contribution in [0.5, 0.6) is 11.8 Å². The number of carbonyl (C=O) groups excluding carboxylic acids is 1. The molecule has 0 amide bonds. The van der Waals surface area contributed by atoms with E-state index in [1.807, 2.05) is 6.07 Å². The summed E-state index contributed by atoms with van der Waals surface area (Å²) in [5, 5.41) is 0. The van der Waals surface area contributed by atoms with Crippen molar-refractivity contribution < 1.29 is 14.3 Å². The molecule has 0 fully saturated rings. The number of aromatic nitrogens is 2. The minimum atomic E-state index is -0.119. The van der Waals surface area contributed by atoms with E-state index < -0.39 is 0 Å². The van der Waals surface area contributed by atoms with Gasteiger partial charge in [0.1, 0.15) is 0 Å². The molecule has 0 saturated carbocycles. The fraction of sp³-hybridized carbons (Fsp3) is 0.118. The molecule has 0 radical (unpaired) electrons. The first-order valence-corrected chi connectivity index (χ1v) is 6.61. The number of ketones is 1. The Morgan fingerprint density at radius 2 is 1.68 bits per heavy atom. The quantitative estimate of drug-likeness (QED) is 0.767. The molecule has 0 aliphatic carbocycles. The summed E-state index contributed by atoms with van der Waals surface area (Å²) in [7, 11) is 3.10. The van der Waals surface area contributed by atoms with Crippen molar-refractivity contribution in [1.29, 1.82) is 0 Å². The summed E-state index contributed by atoms with van der Waals surface area (Å²) in [4.78, 5) is 19.9. The lowest BCUT2D eigenvalue weighted by atomic mass is 10.2. The Kier molecular flexibility index (Phi) is 5.43. The van der Waals surface area contributed by atoms with Crippen LogP contribution < -0.4 is 9.47 Å². The SMILES string of the molecule is COc1ccc(C=CC(=O)C=Cc2ccnc(OC)c2)cn1. The molecule has 0 aliphatic rings. The van der Waals surface area contributed by atoms with E-state index in [0.29, 0.717) is 11.8 Å². The van der Waals surface area contributed by atoms with E-state index in [1.54, 1.807) is 57.0 Å². The van der Waals surface area contributed by atoms with Gasteiger partial charge in [-0.05, 0) is 41.5 Å². The average molecular weight is 296 g/mol. The molecule has 2 aromatic heterocycles. The fourth-order valence-electron chi connectivity index (χ4n) is 1.66. The second kappa shape index (κ2) is 7.73. The summed E-state index contributed by atoms with van der Waals surface area (Å²) in [5.74, 6) is 0.927. The van der Waals surface area contributed by atoms with Crippen molar-refractivity contribution in [3.8, 4) is 11.8 Å². The van der Waals surface area contributed by atoms with Gasteiger partial charge in [-0.15, -0.1) is 0 Å². The maximum Gasteiger partial charge on any atom is 0.213 e. The summed E-state index contributed by atoms with van der Waals surface area (Å²) in [6.45, 7) is 0. The number of allylic oxidation sites excluding steroid dienone is 2. The summed E-state index contributed by atoms with van der Waals surface area (Å²) in [5.41, 5.74) is 1.67. The Balaban J connectivity index is 1.98. The number of nitrogens with zero attached hydrogens (tertiary/aromatic N) is 2. The number of pyridine rings is 2. The number of rotatable bonds is 6. The van der Waals surface area contributed by atoms with Crippen LogP contribution in [0.3, 0.4) is 0 Å². The van der Waals surface area contributed by atoms with Gasteiger partial charge in [0.2, 0.25) is 11.8 Å². The number of methoxy groups -OCH3 is 2. The van der Waals surface area contributed by atoms with Gasteiger partial charge in [-0.1, -0.05) is 6.08 Å². The predicted molar refractivity (Wildman–Crippen MR) is 84.7 cm³/mol. The van der Waals surface area contributed by atoms with Crippen molar-refractivity contribution in [3.05, 3.63) is 59.9 Å². The molecule has 2 heterocycles. The number of hydrogen-bond acceptors (Lipinski definition) is 5. The third kappa shape index (κ3) is 4.56. The van der Waals surface area contributed by atoms with Crippen LogP contribution in [0.25, 0.3) is 12.2 Å². The lowest BCUT2D eigenvalue weighted by Crippen LogP contribution is -1.89. The van der Waals surface area contributed by atoms with Crippen LogP contribution in [-0.4, -0.2) is 30.0 Å². The molecule has 112 valence electrons. The molecular weight excluding hydrogens is 280 g/mol. The molecule has 5 heteroatoms. The van der Waals surface area contributed by atoms with Crippen molar-refractivity contribution in [3.63, 3.8) is 0 Å². The first kappa shape index (κ1) is 15.4. The topological polar surface area (TPSA) is 61.3 Å². The first-order chi connectivity index (χ1) is 10.7. The Morgan fingerprint density at radius 1 is 0.955 bits per heavy atom. The van der Waals surface area contributed by atoms with Crippen molar-refractivity contribution in [2.75, 3.05) is 14.2 Å². The van der Waals surface area contributed by atoms with Gasteiger partial charge < -0.3 is 9.47 Å². The minimum Gasteiger partial charge on any atom is -0.481 e. The van der Waals surface area contributed by atoms with Gasteiger partial charge in [0.25, 0.3) is 0 Å². The van der Waals surface area contributed by atoms with Crippen molar-refractivity contribution in [1.82, 2.24) is 9.97 Å². The van der Waals surface area contributed by atoms with E-state index in [1.165, 1.54) is 12.2 Å². The van der Waals surface area contributed by atoms with E-state index in [4.69, 9.17) is 9.47 Å². The molecule has 0 bridgehead atoms. The van der Waals surface area contributed by atoms with Crippen LogP contribution >= 0.6 is 0 Å². The largest absolute Gasteiger partial charge is 0.481 e. The molecule has 0 aromatic carbocycles. The lowest BCUT2D eigenvalue weighted by Gasteiger charge is -1.98. The lowest BCUT2D eigenvalue weighted by molar-refractivity contribution is -0.110. The molecule has 0 aliphatic heterocycles. The van der Waals surface area contributed by atoms with Crippen LogP contribution in [0, 0.1) is 0 Å². The normalized spacial score (nSPS) is 11.0. The zero-order valence-electron chi connectivity index (χ0n) is 12.4. The molecule has 0 saturated heterocycles. The minimum absolute atomic E-state index is 0.119. The molecule has 2 rings (SSSR count). The highest BCUT2D eigenvalue weighted by molar-refractivity contribution is 6.04. The van der Waals surface area contributed by atoms with E-state index in [2.05, 4.69) is 9.97 Å². The van der Waals surface area contributed by atoms with Crippen molar-refractivity contribution in [2.45, 2.75) is 0 Å². The number of hydrogen-bond donors (Lipinski definition) is 0. The molecule has 0 atom stereocenters. The van der Waals surface area contributed by atoms with Crippen molar-refractivity contribution >= 4 is 17.9 Å². The fourth-order valence-corrected chi connectivity index (χ4v) is 1.66. The van der Waals surface area contributed by atoms with Crippen molar-refractivity contribution in [2.24, 2.45) is 0 Å². The second-order valence-corrected chi connectivity index (χ2v) is 4.33. The summed E-state index contributed by atoms with van der Waals surface area (Å²) < 4.78 is 10.00. The van der Waals surface area contributed by atoms with Gasteiger partial charge in [0.05, 0.1) is 14.2 Å². The zero-order valence-corrected chi connectivity index (χ0v) is 12.4. The van der Waals surface area contributed by atoms with Gasteiger partial charge in [0, 0.05) is 24.5 Å². The molecule has 0 spiro atoms. The van der Waals surface area contributed by atoms with Crippen LogP contribution in [0.4, 0.5) is 0 Å². The summed E-state index contributed by atoms with van der Waals surface area (Å²) >= 11 is 0. The number of ether oxygens (including phenoxy) is 2. The smallest absolute Gasteiger partial charge is 0.213 e. The maximum absolute atomic E-state index is 11.8. The van der Waals surface area contributed by atoms with Gasteiger partial charge in [0.15, 0.2) is 5.78 Å². The molecule has 5 nitrogen and oxygen atoms in total. The standard InChI is InChI=1S/C17H16N2O3/c1-21-16-8-5-14(12-19-16)4-7-15(20)6-3-13-9-10-18-17(11-13)22-2/h3-12H,1-2H3. The maximum atomic E-state index is 11.8. The third-order valence-corrected chi connectivity index (χ3v) is 2.82. The van der Waals surface area contributed by atoms with E-state index in [0.717, 1.165) is 11.1 Å². The van der Waals surface area contributed by atoms with Gasteiger partial charge >= 0.3 is 0 Å². The molecule has 0 N–H and O–H groups in total. The highest BCUT2D eigenvalue weighted by atomic mass is 16.5. The average Bonchev–Trinajstić information content (AvgIpc) is 2.58. The molecule has 2 aromatic rings. The highest BCUT2D eigenvalue weighted by Crippen LogP contribution is 2.10. The van der Waals surface area contributed by atoms with E-state index >= 15 is 0 Å². The highest BCUT2D eigenvalue weighted by Gasteiger charge is 1.95. The van der Waals surface area contributed by atoms with Gasteiger partial charge in [-0.25, -0.2) is 9.97 Å². The Labute approximate surface area is 128 Å². The monoisotopic (exact) mass is 296 g/mol. The zero-order chi connectivity index (χ0) is 15.8. The molecule has 0 unspecified atom stereocenters. The van der Waals surface area contributed by atoms with Crippen LogP contribution in [-0.2, 0) is 4.79 Å². The Hall–Kier alpha value is -2.95. The Bertz CT molecular complexity index is 691. The summed E-state index contributed by atoms with van der Waals surface area (Å²) in [6, 6.07) is 7.11. The van der Waals surface area contributed by atoms with Gasteiger partial charge in [-0.3, -0.25) is 4.79 Å². The number of carbonyl (C=O) groups is 1. The van der Waals surface area contributed by atoms with E-state index in [-0.39, 0.29) is 5.78 Å². The van der Waals surface area contributed by atoms with E-state index in [9.17, 15) is 4.79 Å². The Morgan fingerprint density at radius 3 is 2.32 bits per heavy atom. The molecular formula is C17H16N2O3. The molecule has 22 heavy (non-hydrogen) atoms. The van der Waals surface area contributed by atoms with Crippen LogP contribution in [0.2, 0.25) is 0 Å². The van der Waals surface area contributed by atoms with Gasteiger partial charge in [-0.2, -0.15) is 0 Å². The summed E-state index contributed by atoms with van der Waals surface area (Å²) in [6.07, 6.45) is 9.65. The third-order valence-electron chi connectivity index (χ3n) is 2.82. The van der Waals surface area contributed by atoms with Crippen LogP contribution in [0.1, 0.15) is 11.1 Å². The first-order valence-electron chi connectivity index (χ1n) is 6.61. The second-order valence-electron chi connectivity index (χ2n) is 4.33.